The van der Waals surface area contributed by atoms with E-state index in [1.807, 2.05) is 18.5 Å². The van der Waals surface area contributed by atoms with E-state index in [-0.39, 0.29) is 0 Å². The highest BCUT2D eigenvalue weighted by Gasteiger charge is 2.02. The van der Waals surface area contributed by atoms with E-state index in [0.29, 0.717) is 0 Å². The van der Waals surface area contributed by atoms with Crippen LogP contribution < -0.4 is 5.32 Å². The molecule has 0 radical (unpaired) electrons. The van der Waals surface area contributed by atoms with E-state index in [4.69, 9.17) is 0 Å². The van der Waals surface area contributed by atoms with E-state index in [0.717, 1.165) is 13.1 Å². The molecule has 1 aromatic carbocycles. The van der Waals surface area contributed by atoms with E-state index in [9.17, 15) is 0 Å². The van der Waals surface area contributed by atoms with Crippen molar-refractivity contribution in [2.75, 3.05) is 0 Å². The zero-order valence-electron chi connectivity index (χ0n) is 10.3. The molecule has 96 valence electrons. The summed E-state index contributed by atoms with van der Waals surface area (Å²) >= 11 is 5.25. The van der Waals surface area contributed by atoms with Gasteiger partial charge in [0.15, 0.2) is 0 Å². The zero-order chi connectivity index (χ0) is 13.1. The molecule has 0 saturated carbocycles. The Hall–Kier alpha value is -1.23. The first-order chi connectivity index (χ1) is 9.33. The molecule has 1 N–H and O–H groups in total. The average Bonchev–Trinajstić information content (AvgIpc) is 2.85. The van der Waals surface area contributed by atoms with Gasteiger partial charge < -0.3 is 5.32 Å². The van der Waals surface area contributed by atoms with Gasteiger partial charge in [-0.3, -0.25) is 4.98 Å². The lowest BCUT2D eigenvalue weighted by molar-refractivity contribution is 0.702. The van der Waals surface area contributed by atoms with Crippen molar-refractivity contribution in [3.8, 4) is 0 Å². The monoisotopic (exact) mass is 332 g/mol. The number of hydrogen-bond donors (Lipinski definition) is 1. The quantitative estimate of drug-likeness (QED) is 0.768. The highest BCUT2D eigenvalue weighted by atomic mass is 79.9. The Kier molecular flexibility index (Phi) is 3.92. The Morgan fingerprint density at radius 1 is 1.05 bits per heavy atom. The van der Waals surface area contributed by atoms with Crippen LogP contribution in [0.1, 0.15) is 10.4 Å². The van der Waals surface area contributed by atoms with Crippen molar-refractivity contribution in [2.24, 2.45) is 0 Å². The Bertz CT molecular complexity index is 688. The lowest BCUT2D eigenvalue weighted by atomic mass is 10.1. The van der Waals surface area contributed by atoms with Crippen molar-refractivity contribution in [3.63, 3.8) is 0 Å². The van der Waals surface area contributed by atoms with Crippen molar-refractivity contribution in [3.05, 3.63) is 63.0 Å². The minimum atomic E-state index is 0.837. The van der Waals surface area contributed by atoms with Crippen molar-refractivity contribution < 1.29 is 0 Å². The summed E-state index contributed by atoms with van der Waals surface area (Å²) in [5, 5.41) is 5.94. The molecule has 0 amide bonds. The number of pyridine rings is 1. The number of halogens is 1. The maximum atomic E-state index is 4.30. The third-order valence-corrected chi connectivity index (χ3v) is 4.62. The number of benzene rings is 1. The number of nitrogens with zero attached hydrogens (tertiary/aromatic N) is 1. The summed E-state index contributed by atoms with van der Waals surface area (Å²) in [5.74, 6) is 0. The largest absolute Gasteiger partial charge is 0.308 e. The van der Waals surface area contributed by atoms with Crippen LogP contribution in [0.25, 0.3) is 10.8 Å². The number of rotatable bonds is 4. The number of hydrogen-bond acceptors (Lipinski definition) is 3. The van der Waals surface area contributed by atoms with Gasteiger partial charge in [0.05, 0.1) is 3.79 Å². The van der Waals surface area contributed by atoms with Gasteiger partial charge in [0.2, 0.25) is 0 Å². The molecule has 4 heteroatoms. The molecule has 0 aliphatic carbocycles. The fourth-order valence-electron chi connectivity index (χ4n) is 2.09. The normalized spacial score (nSPS) is 11.0. The van der Waals surface area contributed by atoms with Crippen LogP contribution in [0.15, 0.2) is 52.6 Å². The van der Waals surface area contributed by atoms with Gasteiger partial charge in [0.1, 0.15) is 0 Å². The second-order valence-corrected chi connectivity index (χ2v) is 6.88. The number of fused-ring (bicyclic) bond motifs is 1. The first-order valence-corrected chi connectivity index (χ1v) is 7.70. The lowest BCUT2D eigenvalue weighted by Gasteiger charge is -2.06. The van der Waals surface area contributed by atoms with E-state index in [1.165, 1.54) is 25.0 Å². The second-order valence-electron chi connectivity index (χ2n) is 4.33. The van der Waals surface area contributed by atoms with E-state index < -0.39 is 0 Å². The molecule has 0 fully saturated rings. The van der Waals surface area contributed by atoms with Gasteiger partial charge in [-0.15, -0.1) is 11.3 Å². The molecule has 19 heavy (non-hydrogen) atoms. The van der Waals surface area contributed by atoms with E-state index in [1.54, 1.807) is 11.3 Å². The highest BCUT2D eigenvalue weighted by Crippen LogP contribution is 2.22. The first-order valence-electron chi connectivity index (χ1n) is 6.09. The maximum absolute atomic E-state index is 4.30. The van der Waals surface area contributed by atoms with E-state index >= 15 is 0 Å². The van der Waals surface area contributed by atoms with Gasteiger partial charge >= 0.3 is 0 Å². The van der Waals surface area contributed by atoms with Gasteiger partial charge in [0, 0.05) is 35.7 Å². The average molecular weight is 333 g/mol. The van der Waals surface area contributed by atoms with Crippen molar-refractivity contribution >= 4 is 38.0 Å². The summed E-state index contributed by atoms with van der Waals surface area (Å²) in [6, 6.07) is 12.6. The zero-order valence-corrected chi connectivity index (χ0v) is 12.7. The molecule has 0 aliphatic heterocycles. The van der Waals surface area contributed by atoms with Gasteiger partial charge in [0.25, 0.3) is 0 Å². The topological polar surface area (TPSA) is 24.9 Å². The lowest BCUT2D eigenvalue weighted by Crippen LogP contribution is -2.12. The summed E-state index contributed by atoms with van der Waals surface area (Å²) in [5.41, 5.74) is 1.24. The molecule has 3 rings (SSSR count). The number of thiophene rings is 1. The number of nitrogens with one attached hydrogen (secondary N) is 1. The third kappa shape index (κ3) is 3.03. The van der Waals surface area contributed by atoms with Crippen molar-refractivity contribution in [2.45, 2.75) is 13.1 Å². The minimum absolute atomic E-state index is 0.837. The molecule has 2 nitrogen and oxygen atoms in total. The van der Waals surface area contributed by atoms with Gasteiger partial charge in [-0.25, -0.2) is 0 Å². The fourth-order valence-corrected chi connectivity index (χ4v) is 3.54. The second kappa shape index (κ2) is 5.82. The molecule has 0 bridgehead atoms. The summed E-state index contributed by atoms with van der Waals surface area (Å²) in [6.45, 7) is 1.73. The standard InChI is InChI=1S/C15H13BrN2S/c16-15-6-5-13(19-15)10-18-9-12-8-17-7-11-3-1-2-4-14(11)12/h1-8,18H,9-10H2. The Balaban J connectivity index is 1.71. The van der Waals surface area contributed by atoms with Crippen molar-refractivity contribution in [1.82, 2.24) is 10.3 Å². The molecule has 2 aromatic heterocycles. The SMILES string of the molecule is Brc1ccc(CNCc2cncc3ccccc23)s1. The fraction of sp³-hybridized carbons (Fsp3) is 0.133. The Morgan fingerprint density at radius 2 is 1.95 bits per heavy atom. The van der Waals surface area contributed by atoms with Gasteiger partial charge in [-0.2, -0.15) is 0 Å². The molecule has 0 aliphatic rings. The van der Waals surface area contributed by atoms with Crippen LogP contribution in [-0.2, 0) is 13.1 Å². The third-order valence-electron chi connectivity index (χ3n) is 2.99. The molecule has 0 spiro atoms. The molecular formula is C15H13BrN2S. The predicted molar refractivity (Wildman–Crippen MR) is 84.3 cm³/mol. The van der Waals surface area contributed by atoms with Crippen LogP contribution in [0.4, 0.5) is 0 Å². The molecule has 0 saturated heterocycles. The van der Waals surface area contributed by atoms with Crippen LogP contribution >= 0.6 is 27.3 Å². The minimum Gasteiger partial charge on any atom is -0.308 e. The van der Waals surface area contributed by atoms with Crippen LogP contribution in [0.2, 0.25) is 0 Å². The summed E-state index contributed by atoms with van der Waals surface area (Å²) in [6.07, 6.45) is 3.86. The smallest absolute Gasteiger partial charge is 0.0701 e. The predicted octanol–water partition coefficient (Wildman–Crippen LogP) is 4.35. The molecule has 0 atom stereocenters. The van der Waals surface area contributed by atoms with Gasteiger partial charge in [-0.05, 0) is 39.0 Å². The molecule has 2 heterocycles. The molecular weight excluding hydrogens is 320 g/mol. The summed E-state index contributed by atoms with van der Waals surface area (Å²) in [7, 11) is 0. The van der Waals surface area contributed by atoms with Crippen molar-refractivity contribution in [1.29, 1.82) is 0 Å². The molecule has 0 unspecified atom stereocenters. The first kappa shape index (κ1) is 12.8. The van der Waals surface area contributed by atoms with Crippen LogP contribution in [-0.4, -0.2) is 4.98 Å². The van der Waals surface area contributed by atoms with Gasteiger partial charge in [-0.1, -0.05) is 24.3 Å². The summed E-state index contributed by atoms with van der Waals surface area (Å²) < 4.78 is 1.18. The number of aromatic nitrogens is 1. The molecule has 3 aromatic rings. The summed E-state index contributed by atoms with van der Waals surface area (Å²) in [4.78, 5) is 5.63. The maximum Gasteiger partial charge on any atom is 0.0701 e. The van der Waals surface area contributed by atoms with Crippen LogP contribution in [0, 0.1) is 0 Å². The highest BCUT2D eigenvalue weighted by molar-refractivity contribution is 9.11. The Labute approximate surface area is 124 Å². The Morgan fingerprint density at radius 3 is 2.79 bits per heavy atom. The van der Waals surface area contributed by atoms with E-state index in [2.05, 4.69) is 56.6 Å². The van der Waals surface area contributed by atoms with Crippen LogP contribution in [0.5, 0.6) is 0 Å². The van der Waals surface area contributed by atoms with Crippen LogP contribution in [0.3, 0.4) is 0 Å².